The molecule has 3 aromatic carbocycles. The summed E-state index contributed by atoms with van der Waals surface area (Å²) >= 11 is 1.14. The monoisotopic (exact) mass is 432 g/mol. The molecule has 0 aliphatic carbocycles. The maximum Gasteiger partial charge on any atom is 0.266 e. The van der Waals surface area contributed by atoms with Crippen molar-refractivity contribution < 1.29 is 9.18 Å². The van der Waals surface area contributed by atoms with E-state index in [0.29, 0.717) is 16.1 Å². The first-order valence-electron chi connectivity index (χ1n) is 9.99. The number of halogens is 1. The molecule has 31 heavy (non-hydrogen) atoms. The van der Waals surface area contributed by atoms with Crippen molar-refractivity contribution in [1.29, 1.82) is 0 Å². The van der Waals surface area contributed by atoms with Crippen molar-refractivity contribution in [2.75, 3.05) is 5.75 Å². The highest BCUT2D eigenvalue weighted by Gasteiger charge is 2.19. The Balaban J connectivity index is 1.83. The van der Waals surface area contributed by atoms with Crippen LogP contribution >= 0.6 is 11.8 Å². The summed E-state index contributed by atoms with van der Waals surface area (Å²) in [4.78, 5) is 30.8. The van der Waals surface area contributed by atoms with Crippen molar-refractivity contribution in [1.82, 2.24) is 9.55 Å². The summed E-state index contributed by atoms with van der Waals surface area (Å²) in [5.41, 5.74) is 2.14. The van der Waals surface area contributed by atoms with E-state index in [4.69, 9.17) is 0 Å². The first kappa shape index (κ1) is 21.0. The molecule has 0 fully saturated rings. The van der Waals surface area contributed by atoms with Crippen LogP contribution in [-0.4, -0.2) is 21.1 Å². The average molecular weight is 433 g/mol. The fourth-order valence-electron chi connectivity index (χ4n) is 3.50. The highest BCUT2D eigenvalue weighted by Crippen LogP contribution is 2.27. The molecule has 0 saturated heterocycles. The Morgan fingerprint density at radius 3 is 2.45 bits per heavy atom. The second-order valence-corrected chi connectivity index (χ2v) is 8.40. The quantitative estimate of drug-likeness (QED) is 0.225. The summed E-state index contributed by atoms with van der Waals surface area (Å²) in [6.07, 6.45) is 0. The molecule has 4 rings (SSSR count). The summed E-state index contributed by atoms with van der Waals surface area (Å²) < 4.78 is 15.6. The van der Waals surface area contributed by atoms with Gasteiger partial charge in [-0.2, -0.15) is 0 Å². The summed E-state index contributed by atoms with van der Waals surface area (Å²) in [7, 11) is 0. The molecule has 4 aromatic rings. The largest absolute Gasteiger partial charge is 0.293 e. The summed E-state index contributed by atoms with van der Waals surface area (Å²) in [5, 5.41) is 0.910. The fraction of sp³-hybridized carbons (Fsp3) is 0.160. The third-order valence-corrected chi connectivity index (χ3v) is 5.99. The van der Waals surface area contributed by atoms with Crippen LogP contribution in [0.2, 0.25) is 0 Å². The summed E-state index contributed by atoms with van der Waals surface area (Å²) in [5.74, 6) is -0.751. The van der Waals surface area contributed by atoms with Gasteiger partial charge in [-0.1, -0.05) is 68.1 Å². The van der Waals surface area contributed by atoms with Crippen LogP contribution in [-0.2, 0) is 0 Å². The number of hydrogen-bond acceptors (Lipinski definition) is 4. The molecule has 0 atom stereocenters. The molecule has 1 aromatic heterocycles. The number of carbonyl (C=O) groups is 1. The molecule has 0 spiro atoms. The van der Waals surface area contributed by atoms with E-state index < -0.39 is 5.82 Å². The second-order valence-electron chi connectivity index (χ2n) is 7.46. The zero-order chi connectivity index (χ0) is 22.0. The van der Waals surface area contributed by atoms with E-state index in [1.165, 1.54) is 12.1 Å². The van der Waals surface area contributed by atoms with Gasteiger partial charge in [0.25, 0.3) is 5.56 Å². The van der Waals surface area contributed by atoms with E-state index in [-0.39, 0.29) is 28.6 Å². The summed E-state index contributed by atoms with van der Waals surface area (Å²) in [6.45, 7) is 4.12. The lowest BCUT2D eigenvalue weighted by Crippen LogP contribution is -2.23. The van der Waals surface area contributed by atoms with Crippen LogP contribution in [0.1, 0.15) is 35.7 Å². The third kappa shape index (κ3) is 4.16. The molecule has 0 aliphatic heterocycles. The average Bonchev–Trinajstić information content (AvgIpc) is 2.78. The van der Waals surface area contributed by atoms with Gasteiger partial charge in [0.05, 0.1) is 27.9 Å². The second kappa shape index (κ2) is 8.86. The maximum atomic E-state index is 14.0. The highest BCUT2D eigenvalue weighted by molar-refractivity contribution is 7.99. The van der Waals surface area contributed by atoms with Crippen LogP contribution in [0.15, 0.2) is 82.7 Å². The molecule has 0 aliphatic rings. The number of nitrogens with zero attached hydrogens (tertiary/aromatic N) is 2. The van der Waals surface area contributed by atoms with E-state index in [1.807, 2.05) is 30.3 Å². The molecule has 0 N–H and O–H groups in total. The number of benzene rings is 3. The Morgan fingerprint density at radius 2 is 1.68 bits per heavy atom. The topological polar surface area (TPSA) is 52.0 Å². The van der Waals surface area contributed by atoms with Gasteiger partial charge in [-0.25, -0.2) is 9.37 Å². The number of aromatic nitrogens is 2. The first-order chi connectivity index (χ1) is 15.0. The van der Waals surface area contributed by atoms with Gasteiger partial charge >= 0.3 is 0 Å². The smallest absolute Gasteiger partial charge is 0.266 e. The van der Waals surface area contributed by atoms with E-state index in [0.717, 1.165) is 23.0 Å². The minimum absolute atomic E-state index is 0.0322. The van der Waals surface area contributed by atoms with Crippen LogP contribution in [0.3, 0.4) is 0 Å². The van der Waals surface area contributed by atoms with Crippen molar-refractivity contribution in [2.24, 2.45) is 0 Å². The van der Waals surface area contributed by atoms with Gasteiger partial charge < -0.3 is 0 Å². The van der Waals surface area contributed by atoms with Gasteiger partial charge in [0.1, 0.15) is 5.82 Å². The molecule has 0 amide bonds. The molecule has 0 bridgehead atoms. The van der Waals surface area contributed by atoms with Crippen LogP contribution < -0.4 is 5.56 Å². The number of Topliss-reactive ketones (excluding diaryl/α,β-unsaturated/α-hetero) is 1. The van der Waals surface area contributed by atoms with Crippen LogP contribution in [0.4, 0.5) is 4.39 Å². The van der Waals surface area contributed by atoms with Crippen LogP contribution in [0, 0.1) is 5.82 Å². The van der Waals surface area contributed by atoms with Gasteiger partial charge in [-0.15, -0.1) is 0 Å². The molecule has 4 nitrogen and oxygen atoms in total. The van der Waals surface area contributed by atoms with Crippen molar-refractivity contribution in [3.8, 4) is 5.69 Å². The third-order valence-electron chi connectivity index (χ3n) is 5.05. The SMILES string of the molecule is CC(C)c1ccccc1-n1c(SCC(=O)c2ccccc2F)nc2ccccc2c1=O. The number of ketones is 1. The van der Waals surface area contributed by atoms with Crippen molar-refractivity contribution >= 4 is 28.4 Å². The van der Waals surface area contributed by atoms with Gasteiger partial charge in [0, 0.05) is 0 Å². The molecular formula is C25H21FN2O2S. The lowest BCUT2D eigenvalue weighted by Gasteiger charge is -2.18. The number of para-hydroxylation sites is 2. The fourth-order valence-corrected chi connectivity index (χ4v) is 4.39. The van der Waals surface area contributed by atoms with Crippen molar-refractivity contribution in [3.63, 3.8) is 0 Å². The van der Waals surface area contributed by atoms with Gasteiger partial charge in [-0.3, -0.25) is 14.2 Å². The molecular weight excluding hydrogens is 411 g/mol. The number of thioether (sulfide) groups is 1. The Morgan fingerprint density at radius 1 is 1.00 bits per heavy atom. The molecule has 1 heterocycles. The summed E-state index contributed by atoms with van der Waals surface area (Å²) in [6, 6.07) is 20.7. The predicted octanol–water partition coefficient (Wildman–Crippen LogP) is 5.62. The number of carbonyl (C=O) groups excluding carboxylic acids is 1. The normalized spacial score (nSPS) is 11.2. The minimum Gasteiger partial charge on any atom is -0.293 e. The highest BCUT2D eigenvalue weighted by atomic mass is 32.2. The van der Waals surface area contributed by atoms with Gasteiger partial charge in [0.15, 0.2) is 10.9 Å². The van der Waals surface area contributed by atoms with Crippen LogP contribution in [0.5, 0.6) is 0 Å². The Hall–Kier alpha value is -3.25. The molecule has 0 unspecified atom stereocenters. The van der Waals surface area contributed by atoms with E-state index in [9.17, 15) is 14.0 Å². The molecule has 6 heteroatoms. The zero-order valence-corrected chi connectivity index (χ0v) is 18.0. The molecule has 0 radical (unpaired) electrons. The predicted molar refractivity (Wildman–Crippen MR) is 123 cm³/mol. The van der Waals surface area contributed by atoms with E-state index in [1.54, 1.807) is 34.9 Å². The van der Waals surface area contributed by atoms with E-state index >= 15 is 0 Å². The van der Waals surface area contributed by atoms with Gasteiger partial charge in [0.2, 0.25) is 0 Å². The number of rotatable bonds is 6. The van der Waals surface area contributed by atoms with E-state index in [2.05, 4.69) is 18.8 Å². The van der Waals surface area contributed by atoms with Gasteiger partial charge in [-0.05, 0) is 41.8 Å². The minimum atomic E-state index is -0.554. The first-order valence-corrected chi connectivity index (χ1v) is 11.0. The Labute approximate surface area is 183 Å². The lowest BCUT2D eigenvalue weighted by atomic mass is 10.0. The number of hydrogen-bond donors (Lipinski definition) is 0. The maximum absolute atomic E-state index is 14.0. The molecule has 0 saturated carbocycles. The molecule has 156 valence electrons. The zero-order valence-electron chi connectivity index (χ0n) is 17.2. The number of fused-ring (bicyclic) bond motifs is 1. The van der Waals surface area contributed by atoms with Crippen molar-refractivity contribution in [3.05, 3.63) is 100 Å². The standard InChI is InChI=1S/C25H21FN2O2S/c1-16(2)17-9-5-8-14-22(17)28-24(30)19-11-4-7-13-21(19)27-25(28)31-15-23(29)18-10-3-6-12-20(18)26/h3-14,16H,15H2,1-2H3. The Bertz CT molecular complexity index is 1330. The Kier molecular flexibility index (Phi) is 6.00. The van der Waals surface area contributed by atoms with Crippen LogP contribution in [0.25, 0.3) is 16.6 Å². The lowest BCUT2D eigenvalue weighted by molar-refractivity contribution is 0.101. The van der Waals surface area contributed by atoms with Crippen molar-refractivity contribution in [2.45, 2.75) is 24.9 Å².